The maximum absolute atomic E-state index is 13.1. The molecule has 0 aromatic heterocycles. The standard InChI is InChI=1S/C21H45O4P/c1-6-10-14-26(15-11-7-2,16-12-8-3,17-13-9-4)25-20(24)21(5,18-22)19-23/h22-23H,6-19H2,1-5H3. The summed E-state index contributed by atoms with van der Waals surface area (Å²) in [5.74, 6) is -0.389. The molecule has 0 aliphatic heterocycles. The minimum absolute atomic E-state index is 0.377. The van der Waals surface area contributed by atoms with Gasteiger partial charge in [0.25, 0.3) is 0 Å². The summed E-state index contributed by atoms with van der Waals surface area (Å²) in [7, 11) is 0. The Kier molecular flexibility index (Phi) is 12.2. The van der Waals surface area contributed by atoms with Crippen molar-refractivity contribution in [2.75, 3.05) is 37.9 Å². The molecule has 2 N–H and O–H groups in total. The van der Waals surface area contributed by atoms with Gasteiger partial charge in [0.15, 0.2) is 0 Å². The molecule has 26 heavy (non-hydrogen) atoms. The first-order valence-electron chi connectivity index (χ1n) is 10.8. The Hall–Kier alpha value is -0.180. The van der Waals surface area contributed by atoms with Gasteiger partial charge in [0.2, 0.25) is 0 Å². The Bertz CT molecular complexity index is 350. The van der Waals surface area contributed by atoms with Gasteiger partial charge in [-0.05, 0) is 0 Å². The third kappa shape index (κ3) is 7.09. The second-order valence-electron chi connectivity index (χ2n) is 8.42. The Morgan fingerprint density at radius 1 is 0.769 bits per heavy atom. The Morgan fingerprint density at radius 3 is 1.31 bits per heavy atom. The first kappa shape index (κ1) is 25.8. The normalized spacial score (nSPS) is 14.0. The summed E-state index contributed by atoms with van der Waals surface area (Å²) in [6, 6.07) is 0. The summed E-state index contributed by atoms with van der Waals surface area (Å²) < 4.78 is 6.55. The number of aliphatic hydroxyl groups is 2. The molecular weight excluding hydrogens is 347 g/mol. The molecule has 0 aliphatic rings. The van der Waals surface area contributed by atoms with Crippen molar-refractivity contribution in [3.8, 4) is 0 Å². The fourth-order valence-corrected chi connectivity index (χ4v) is 10.5. The molecule has 0 unspecified atom stereocenters. The van der Waals surface area contributed by atoms with Crippen LogP contribution in [-0.4, -0.2) is 54.0 Å². The number of aliphatic hydroxyl groups excluding tert-OH is 2. The van der Waals surface area contributed by atoms with Crippen LogP contribution in [-0.2, 0) is 9.32 Å². The number of hydrogen-bond acceptors (Lipinski definition) is 4. The van der Waals surface area contributed by atoms with Crippen LogP contribution < -0.4 is 0 Å². The van der Waals surface area contributed by atoms with Gasteiger partial charge in [-0.3, -0.25) is 0 Å². The van der Waals surface area contributed by atoms with Crippen LogP contribution >= 0.6 is 6.83 Å². The first-order valence-corrected chi connectivity index (χ1v) is 13.7. The molecule has 0 amide bonds. The molecule has 0 aliphatic carbocycles. The first-order chi connectivity index (χ1) is 12.3. The van der Waals surface area contributed by atoms with Gasteiger partial charge in [-0.25, -0.2) is 0 Å². The molecule has 0 radical (unpaired) electrons. The summed E-state index contributed by atoms with van der Waals surface area (Å²) in [4.78, 5) is 13.1. The van der Waals surface area contributed by atoms with Gasteiger partial charge in [0.1, 0.15) is 0 Å². The van der Waals surface area contributed by atoms with E-state index in [0.29, 0.717) is 0 Å². The van der Waals surface area contributed by atoms with Crippen LogP contribution in [0.1, 0.15) is 86.0 Å². The number of hydrogen-bond donors (Lipinski definition) is 2. The molecule has 0 atom stereocenters. The van der Waals surface area contributed by atoms with Gasteiger partial charge in [-0.1, -0.05) is 0 Å². The van der Waals surface area contributed by atoms with Crippen LogP contribution in [0.5, 0.6) is 0 Å². The van der Waals surface area contributed by atoms with Crippen molar-refractivity contribution >= 4 is 12.8 Å². The Balaban J connectivity index is 6.02. The molecule has 0 bridgehead atoms. The summed E-state index contributed by atoms with van der Waals surface area (Å²) >= 11 is 0. The Labute approximate surface area is 162 Å². The van der Waals surface area contributed by atoms with Crippen molar-refractivity contribution in [1.82, 2.24) is 0 Å². The van der Waals surface area contributed by atoms with Crippen LogP contribution in [0.4, 0.5) is 0 Å². The Morgan fingerprint density at radius 2 is 1.08 bits per heavy atom. The van der Waals surface area contributed by atoms with Crippen molar-refractivity contribution in [2.24, 2.45) is 5.41 Å². The van der Waals surface area contributed by atoms with E-state index in [1.54, 1.807) is 6.92 Å². The van der Waals surface area contributed by atoms with Crippen LogP contribution in [0.3, 0.4) is 0 Å². The zero-order valence-electron chi connectivity index (χ0n) is 18.1. The van der Waals surface area contributed by atoms with Crippen LogP contribution in [0.25, 0.3) is 0 Å². The predicted molar refractivity (Wildman–Crippen MR) is 114 cm³/mol. The van der Waals surface area contributed by atoms with Crippen molar-refractivity contribution in [2.45, 2.75) is 86.0 Å². The van der Waals surface area contributed by atoms with Crippen molar-refractivity contribution in [3.05, 3.63) is 0 Å². The molecule has 0 fully saturated rings. The van der Waals surface area contributed by atoms with E-state index in [4.69, 9.17) is 4.52 Å². The number of carbonyl (C=O) groups excluding carboxylic acids is 1. The number of rotatable bonds is 16. The third-order valence-corrected chi connectivity index (χ3v) is 12.3. The van der Waals surface area contributed by atoms with Gasteiger partial charge in [-0.15, -0.1) is 0 Å². The zero-order valence-corrected chi connectivity index (χ0v) is 19.0. The number of unbranched alkanes of at least 4 members (excludes halogenated alkanes) is 4. The average molecular weight is 393 g/mol. The second-order valence-corrected chi connectivity index (χ2v) is 14.1. The van der Waals surface area contributed by atoms with Gasteiger partial charge in [0.05, 0.1) is 0 Å². The van der Waals surface area contributed by atoms with E-state index in [0.717, 1.165) is 76.0 Å². The van der Waals surface area contributed by atoms with E-state index in [9.17, 15) is 15.0 Å². The summed E-state index contributed by atoms with van der Waals surface area (Å²) in [6.45, 7) is 6.92. The van der Waals surface area contributed by atoms with Crippen LogP contribution in [0.15, 0.2) is 0 Å². The predicted octanol–water partition coefficient (Wildman–Crippen LogP) is 5.19. The van der Waals surface area contributed by atoms with E-state index < -0.39 is 12.2 Å². The number of carbonyl (C=O) groups is 1. The second kappa shape index (κ2) is 12.3. The third-order valence-electron chi connectivity index (χ3n) is 5.84. The quantitative estimate of drug-likeness (QED) is 0.355. The molecule has 158 valence electrons. The van der Waals surface area contributed by atoms with Gasteiger partial charge in [0, 0.05) is 0 Å². The fraction of sp³-hybridized carbons (Fsp3) is 0.952. The van der Waals surface area contributed by atoms with E-state index in [1.165, 1.54) is 0 Å². The molecule has 0 saturated heterocycles. The summed E-state index contributed by atoms with van der Waals surface area (Å²) in [5.41, 5.74) is -1.21. The fourth-order valence-electron chi connectivity index (χ4n) is 3.61. The maximum atomic E-state index is 13.1. The summed E-state index contributed by atoms with van der Waals surface area (Å²) in [6.07, 6.45) is 12.7. The zero-order chi connectivity index (χ0) is 20.1. The molecule has 0 heterocycles. The molecule has 0 saturated carbocycles. The SMILES string of the molecule is CCCCP(CCCC)(CCCC)(CCCC)OC(=O)C(C)(CO)CO. The van der Waals surface area contributed by atoms with E-state index >= 15 is 0 Å². The average Bonchev–Trinajstić information content (AvgIpc) is 2.67. The van der Waals surface area contributed by atoms with E-state index in [-0.39, 0.29) is 19.2 Å². The molecule has 0 spiro atoms. The molecule has 4 nitrogen and oxygen atoms in total. The molecule has 0 rings (SSSR count). The van der Waals surface area contributed by atoms with Gasteiger partial charge < -0.3 is 0 Å². The van der Waals surface area contributed by atoms with E-state index in [2.05, 4.69) is 27.7 Å². The van der Waals surface area contributed by atoms with Crippen molar-refractivity contribution in [3.63, 3.8) is 0 Å². The van der Waals surface area contributed by atoms with Crippen molar-refractivity contribution in [1.29, 1.82) is 0 Å². The molecule has 0 aromatic carbocycles. The topological polar surface area (TPSA) is 66.8 Å². The monoisotopic (exact) mass is 392 g/mol. The minimum atomic E-state index is -2.70. The van der Waals surface area contributed by atoms with E-state index in [1.807, 2.05) is 0 Å². The molecular formula is C21H45O4P. The van der Waals surface area contributed by atoms with Gasteiger partial charge in [-0.2, -0.15) is 0 Å². The van der Waals surface area contributed by atoms with Crippen molar-refractivity contribution < 1.29 is 19.5 Å². The van der Waals surface area contributed by atoms with Gasteiger partial charge >= 0.3 is 162 Å². The van der Waals surface area contributed by atoms with Crippen LogP contribution in [0.2, 0.25) is 0 Å². The molecule has 5 heteroatoms. The molecule has 0 aromatic rings. The van der Waals surface area contributed by atoms with Crippen LogP contribution in [0, 0.1) is 5.41 Å². The summed E-state index contributed by atoms with van der Waals surface area (Å²) in [5, 5.41) is 19.4.